The Labute approximate surface area is 92.7 Å². The zero-order valence-corrected chi connectivity index (χ0v) is 8.46. The lowest BCUT2D eigenvalue weighted by atomic mass is 10.2. The molecular formula is C9H12BNO5. The molecule has 6 nitrogen and oxygen atoms in total. The molecule has 0 bridgehead atoms. The Morgan fingerprint density at radius 1 is 1.31 bits per heavy atom. The molecule has 1 rings (SSSR count). The molecule has 7 heteroatoms. The Balaban J connectivity index is 2.60. The maximum atomic E-state index is 11.4. The molecule has 1 aromatic rings. The predicted molar refractivity (Wildman–Crippen MR) is 56.7 cm³/mol. The van der Waals surface area contributed by atoms with E-state index >= 15 is 0 Å². The minimum absolute atomic E-state index is 0.121. The van der Waals surface area contributed by atoms with Gasteiger partial charge in [-0.25, -0.2) is 0 Å². The van der Waals surface area contributed by atoms with Crippen molar-refractivity contribution in [3.8, 4) is 5.75 Å². The highest BCUT2D eigenvalue weighted by molar-refractivity contribution is 6.33. The van der Waals surface area contributed by atoms with Crippen LogP contribution in [-0.2, 0) is 0 Å². The molecule has 0 aliphatic heterocycles. The summed E-state index contributed by atoms with van der Waals surface area (Å²) in [5.41, 5.74) is 0.397. The summed E-state index contributed by atoms with van der Waals surface area (Å²) in [5.74, 6) is -0.0705. The molecule has 0 aliphatic carbocycles. The largest absolute Gasteiger partial charge is 0.707 e. The summed E-state index contributed by atoms with van der Waals surface area (Å²) in [4.78, 5) is 11.4. The van der Waals surface area contributed by atoms with Gasteiger partial charge in [0.2, 0.25) is 0 Å². The van der Waals surface area contributed by atoms with Crippen LogP contribution in [0.4, 0.5) is 0 Å². The Bertz CT molecular complexity index is 340. The first-order chi connectivity index (χ1) is 7.63. The normalized spacial score (nSPS) is 9.69. The summed E-state index contributed by atoms with van der Waals surface area (Å²) in [5, 5.41) is 28.0. The lowest BCUT2D eigenvalue weighted by Gasteiger charge is -2.06. The van der Waals surface area contributed by atoms with Crippen molar-refractivity contribution in [3.63, 3.8) is 0 Å². The van der Waals surface area contributed by atoms with Crippen LogP contribution in [0.5, 0.6) is 5.75 Å². The standard InChI is InChI=1S/C9H12BNO5/c12-6-5-11-9(13)7-1-3-8(4-2-7)16-10(14)15/h1-4,12,14-15H,5-6H2,(H,11,13). The molecule has 1 aromatic carbocycles. The highest BCUT2D eigenvalue weighted by Gasteiger charge is 2.11. The minimum Gasteiger partial charge on any atom is -0.512 e. The molecule has 0 atom stereocenters. The second kappa shape index (κ2) is 6.11. The van der Waals surface area contributed by atoms with Gasteiger partial charge >= 0.3 is 7.32 Å². The summed E-state index contributed by atoms with van der Waals surface area (Å²) in [6.45, 7) is 0.0656. The van der Waals surface area contributed by atoms with Gasteiger partial charge in [-0.2, -0.15) is 0 Å². The first kappa shape index (κ1) is 12.5. The van der Waals surface area contributed by atoms with Crippen molar-refractivity contribution in [1.82, 2.24) is 5.32 Å². The number of aliphatic hydroxyl groups excluding tert-OH is 1. The zero-order chi connectivity index (χ0) is 12.0. The number of hydrogen-bond acceptors (Lipinski definition) is 5. The van der Waals surface area contributed by atoms with Gasteiger partial charge in [-0.05, 0) is 24.3 Å². The number of nitrogens with one attached hydrogen (secondary N) is 1. The maximum absolute atomic E-state index is 11.4. The molecule has 0 radical (unpaired) electrons. The van der Waals surface area contributed by atoms with Crippen molar-refractivity contribution in [1.29, 1.82) is 0 Å². The number of hydrogen-bond donors (Lipinski definition) is 4. The second-order valence-corrected chi connectivity index (χ2v) is 2.95. The molecule has 0 saturated heterocycles. The van der Waals surface area contributed by atoms with Gasteiger partial charge in [0.1, 0.15) is 5.75 Å². The topological polar surface area (TPSA) is 99.0 Å². The molecule has 16 heavy (non-hydrogen) atoms. The second-order valence-electron chi connectivity index (χ2n) is 2.95. The Kier molecular flexibility index (Phi) is 4.78. The molecule has 0 unspecified atom stereocenters. The third kappa shape index (κ3) is 3.89. The van der Waals surface area contributed by atoms with E-state index in [1.165, 1.54) is 24.3 Å². The van der Waals surface area contributed by atoms with E-state index in [4.69, 9.17) is 15.2 Å². The van der Waals surface area contributed by atoms with Crippen LogP contribution in [0.1, 0.15) is 10.4 Å². The van der Waals surface area contributed by atoms with Crippen molar-refractivity contribution < 1.29 is 24.6 Å². The third-order valence-electron chi connectivity index (χ3n) is 1.76. The molecule has 0 spiro atoms. The van der Waals surface area contributed by atoms with E-state index in [0.717, 1.165) is 0 Å². The van der Waals surface area contributed by atoms with E-state index in [0.29, 0.717) is 5.56 Å². The highest BCUT2D eigenvalue weighted by Crippen LogP contribution is 2.12. The van der Waals surface area contributed by atoms with E-state index in [-0.39, 0.29) is 24.8 Å². The zero-order valence-electron chi connectivity index (χ0n) is 8.46. The van der Waals surface area contributed by atoms with Crippen molar-refractivity contribution in [2.75, 3.05) is 13.2 Å². The molecule has 1 amide bonds. The van der Waals surface area contributed by atoms with E-state index < -0.39 is 7.32 Å². The van der Waals surface area contributed by atoms with Crippen LogP contribution in [-0.4, -0.2) is 41.5 Å². The third-order valence-corrected chi connectivity index (χ3v) is 1.76. The van der Waals surface area contributed by atoms with Gasteiger partial charge in [0.25, 0.3) is 5.91 Å². The van der Waals surface area contributed by atoms with Crippen molar-refractivity contribution in [2.45, 2.75) is 0 Å². The van der Waals surface area contributed by atoms with Crippen LogP contribution in [0.3, 0.4) is 0 Å². The molecule has 86 valence electrons. The van der Waals surface area contributed by atoms with Crippen LogP contribution >= 0.6 is 0 Å². The minimum atomic E-state index is -1.88. The Morgan fingerprint density at radius 3 is 2.44 bits per heavy atom. The molecule has 0 fully saturated rings. The monoisotopic (exact) mass is 225 g/mol. The van der Waals surface area contributed by atoms with Gasteiger partial charge in [0, 0.05) is 12.1 Å². The van der Waals surface area contributed by atoms with Crippen LogP contribution in [0.15, 0.2) is 24.3 Å². The SMILES string of the molecule is O=C(NCCO)c1ccc(OB(O)O)cc1. The quantitative estimate of drug-likeness (QED) is 0.469. The molecule has 0 aromatic heterocycles. The van der Waals surface area contributed by atoms with E-state index in [2.05, 4.69) is 9.97 Å². The van der Waals surface area contributed by atoms with Crippen LogP contribution < -0.4 is 9.97 Å². The smallest absolute Gasteiger partial charge is 0.512 e. The van der Waals surface area contributed by atoms with Crippen molar-refractivity contribution in [3.05, 3.63) is 29.8 Å². The lowest BCUT2D eigenvalue weighted by Crippen LogP contribution is -2.26. The predicted octanol–water partition coefficient (Wildman–Crippen LogP) is -1.24. The Hall–Kier alpha value is -1.57. The molecule has 0 saturated carbocycles. The van der Waals surface area contributed by atoms with Crippen LogP contribution in [0.2, 0.25) is 0 Å². The molecular weight excluding hydrogens is 213 g/mol. The molecule has 4 N–H and O–H groups in total. The van der Waals surface area contributed by atoms with E-state index in [1.54, 1.807) is 0 Å². The van der Waals surface area contributed by atoms with Gasteiger partial charge in [-0.15, -0.1) is 0 Å². The number of amides is 1. The van der Waals surface area contributed by atoms with Crippen molar-refractivity contribution >= 4 is 13.2 Å². The summed E-state index contributed by atoms with van der Waals surface area (Å²) < 4.78 is 4.57. The van der Waals surface area contributed by atoms with Gasteiger partial charge in [-0.3, -0.25) is 4.79 Å². The average Bonchev–Trinajstić information content (AvgIpc) is 2.26. The number of aliphatic hydroxyl groups is 1. The fourth-order valence-corrected chi connectivity index (χ4v) is 1.08. The summed E-state index contributed by atoms with van der Waals surface area (Å²) in [7, 11) is -1.88. The van der Waals surface area contributed by atoms with E-state index in [9.17, 15) is 4.79 Å². The number of benzene rings is 1. The van der Waals surface area contributed by atoms with E-state index in [1.807, 2.05) is 0 Å². The van der Waals surface area contributed by atoms with Crippen molar-refractivity contribution in [2.24, 2.45) is 0 Å². The molecule has 0 heterocycles. The fourth-order valence-electron chi connectivity index (χ4n) is 1.08. The fraction of sp³-hybridized carbons (Fsp3) is 0.222. The maximum Gasteiger partial charge on any atom is 0.707 e. The number of carbonyl (C=O) groups is 1. The summed E-state index contributed by atoms with van der Waals surface area (Å²) >= 11 is 0. The molecule has 0 aliphatic rings. The van der Waals surface area contributed by atoms with Crippen LogP contribution in [0, 0.1) is 0 Å². The summed E-state index contributed by atoms with van der Waals surface area (Å²) in [6.07, 6.45) is 0. The highest BCUT2D eigenvalue weighted by atomic mass is 16.6. The number of rotatable bonds is 5. The van der Waals surface area contributed by atoms with Gasteiger partial charge in [0.05, 0.1) is 6.61 Å². The average molecular weight is 225 g/mol. The van der Waals surface area contributed by atoms with Gasteiger partial charge in [-0.1, -0.05) is 0 Å². The summed E-state index contributed by atoms with van der Waals surface area (Å²) in [6, 6.07) is 5.83. The Morgan fingerprint density at radius 2 is 1.94 bits per heavy atom. The first-order valence-corrected chi connectivity index (χ1v) is 4.65. The number of carbonyl (C=O) groups excluding carboxylic acids is 1. The van der Waals surface area contributed by atoms with Gasteiger partial charge in [0.15, 0.2) is 0 Å². The van der Waals surface area contributed by atoms with Gasteiger partial charge < -0.3 is 25.1 Å². The van der Waals surface area contributed by atoms with Crippen LogP contribution in [0.25, 0.3) is 0 Å². The first-order valence-electron chi connectivity index (χ1n) is 4.65. The lowest BCUT2D eigenvalue weighted by molar-refractivity contribution is 0.0945.